The molecule has 0 radical (unpaired) electrons. The second-order valence-corrected chi connectivity index (χ2v) is 28.1. The van der Waals surface area contributed by atoms with Gasteiger partial charge < -0.3 is 18.3 Å². The molecule has 4 nitrogen and oxygen atoms in total. The van der Waals surface area contributed by atoms with Crippen molar-refractivity contribution >= 4 is 98.6 Å². The summed E-state index contributed by atoms with van der Waals surface area (Å²) in [5.74, 6) is -8.08. The Morgan fingerprint density at radius 2 is 0.635 bits per heavy atom. The number of halogens is 7. The van der Waals surface area contributed by atoms with Crippen LogP contribution >= 0.6 is 11.3 Å². The molecule has 0 aliphatic carbocycles. The number of aromatic nitrogens is 4. The largest absolute Gasteiger partial charge is 0.344 e. The van der Waals surface area contributed by atoms with Crippen molar-refractivity contribution in [3.63, 3.8) is 0 Å². The van der Waals surface area contributed by atoms with Crippen molar-refractivity contribution in [3.05, 3.63) is 343 Å². The first-order valence-corrected chi connectivity index (χ1v) is 35.3. The van der Waals surface area contributed by atoms with E-state index in [4.69, 9.17) is 0 Å². The Bertz CT molecular complexity index is 5730. The Balaban J connectivity index is 0.000000129. The molecule has 0 bridgehead atoms. The van der Waals surface area contributed by atoms with Crippen LogP contribution in [0, 0.1) is 124 Å². The summed E-state index contributed by atoms with van der Waals surface area (Å²) in [7, 11) is 8.52. The summed E-state index contributed by atoms with van der Waals surface area (Å²) < 4.78 is 97.5. The van der Waals surface area contributed by atoms with Crippen LogP contribution in [0.3, 0.4) is 0 Å². The van der Waals surface area contributed by atoms with Gasteiger partial charge in [-0.3, -0.25) is 0 Å². The van der Waals surface area contributed by atoms with Crippen LogP contribution in [0.15, 0.2) is 237 Å². The molecule has 0 aliphatic rings. The second kappa shape index (κ2) is 33.0. The van der Waals surface area contributed by atoms with Crippen LogP contribution in [0.25, 0.3) is 98.4 Å². The Hall–Kier alpha value is -11.0. The molecule has 17 aromatic rings. The fourth-order valence-electron chi connectivity index (χ4n) is 13.4. The Labute approximate surface area is 609 Å². The molecule has 0 N–H and O–H groups in total. The molecule has 0 unspecified atom stereocenters. The van der Waals surface area contributed by atoms with Gasteiger partial charge in [-0.25, -0.2) is 30.7 Å². The lowest BCUT2D eigenvalue weighted by Crippen LogP contribution is -2.02. The van der Waals surface area contributed by atoms with Gasteiger partial charge in [0.2, 0.25) is 0 Å². The van der Waals surface area contributed by atoms with Crippen molar-refractivity contribution < 1.29 is 30.7 Å². The van der Waals surface area contributed by atoms with Gasteiger partial charge in [0.15, 0.2) is 34.9 Å². The van der Waals surface area contributed by atoms with E-state index in [-0.39, 0.29) is 11.1 Å². The van der Waals surface area contributed by atoms with Gasteiger partial charge in [0.05, 0.1) is 5.52 Å². The maximum absolute atomic E-state index is 12.7. The first-order valence-electron chi connectivity index (χ1n) is 34.5. The topological polar surface area (TPSA) is 19.7 Å². The number of nitrogens with zero attached hydrogens (tertiary/aromatic N) is 4. The molecule has 0 saturated heterocycles. The van der Waals surface area contributed by atoms with E-state index in [1.807, 2.05) is 17.4 Å². The van der Waals surface area contributed by atoms with Gasteiger partial charge in [-0.05, 0) is 183 Å². The molecule has 0 amide bonds. The van der Waals surface area contributed by atoms with E-state index in [0.29, 0.717) is 0 Å². The van der Waals surface area contributed by atoms with E-state index in [1.165, 1.54) is 155 Å². The summed E-state index contributed by atoms with van der Waals surface area (Å²) in [5.41, 5.74) is 19.5. The summed E-state index contributed by atoms with van der Waals surface area (Å²) in [6, 6.07) is 82.9. The van der Waals surface area contributed by atoms with Crippen molar-refractivity contribution in [2.24, 2.45) is 28.2 Å². The number of hydrogen-bond donors (Lipinski definition) is 0. The van der Waals surface area contributed by atoms with Crippen molar-refractivity contribution in [1.82, 2.24) is 18.3 Å². The summed E-state index contributed by atoms with van der Waals surface area (Å²) >= 11 is 1.84. The van der Waals surface area contributed by atoms with Crippen LogP contribution in [0.1, 0.15) is 65.4 Å². The van der Waals surface area contributed by atoms with Gasteiger partial charge in [-0.2, -0.15) is 0 Å². The third kappa shape index (κ3) is 16.4. The molecule has 17 rings (SSSR count). The van der Waals surface area contributed by atoms with Crippen LogP contribution < -0.4 is 0 Å². The van der Waals surface area contributed by atoms with E-state index in [0.717, 1.165) is 19.9 Å². The predicted octanol–water partition coefficient (Wildman–Crippen LogP) is 26.5. The highest BCUT2D eigenvalue weighted by Gasteiger charge is 2.20. The average Bonchev–Trinajstić information content (AvgIpc) is 1.64. The summed E-state index contributed by atoms with van der Waals surface area (Å²) in [6.45, 7) is 21.6. The second-order valence-electron chi connectivity index (χ2n) is 26.6. The first kappa shape index (κ1) is 75.7. The molecule has 0 aliphatic heterocycles. The highest BCUT2D eigenvalue weighted by molar-refractivity contribution is 7.11. The summed E-state index contributed by atoms with van der Waals surface area (Å²) in [5, 5.41) is 10.8. The highest BCUT2D eigenvalue weighted by Crippen LogP contribution is 2.34. The number of aryl methyl sites for hydroxylation is 13. The molecule has 104 heavy (non-hydrogen) atoms. The van der Waals surface area contributed by atoms with Gasteiger partial charge in [0.1, 0.15) is 5.82 Å². The zero-order valence-corrected chi connectivity index (χ0v) is 62.7. The summed E-state index contributed by atoms with van der Waals surface area (Å²) in [6.07, 6.45) is 0. The minimum atomic E-state index is -1.33. The highest BCUT2D eigenvalue weighted by atomic mass is 32.1. The standard InChI is InChI=1S/4C14H13N.C14H14.C8H6F4.C8H7F3.C6H8S/c1-10-6-5-8-12-11-7-3-4-9-13(11)15(2)14(10)12;1-10-6-5-9-13-14(10)11-7-3-4-8-12(11)15(13)2;1-10-7-8-14-12(9-10)11-5-3-4-6-13(11)15(14)2;1-10-7-8-12-11-5-3-4-6-13(11)15(2)14(12)9-10;1-11-8-12(2)10-14(9-11)13-6-4-3-5-7-13;1-3-5(9)7(11)4(2)8(12)6(3)10;1-4-3-6(9)5(2)8(11)7(4)10;1-5-3-4-6(2)7-5/h4*3-9H,1-2H3;3-10H,1-2H3;1-2H3;3H,1-2H3;3-4H,1-2H3. The predicted molar refractivity (Wildman–Crippen MR) is 427 cm³/mol. The molecule has 0 fully saturated rings. The number of para-hydroxylation sites is 5. The normalized spacial score (nSPS) is 10.8. The monoisotopic (exact) mass is 1410 g/mol. The molecular formula is C92H87F7N4S. The van der Waals surface area contributed by atoms with E-state index in [1.54, 1.807) is 0 Å². The first-order chi connectivity index (χ1) is 49.7. The third-order valence-electron chi connectivity index (χ3n) is 18.9. The van der Waals surface area contributed by atoms with Crippen molar-refractivity contribution in [1.29, 1.82) is 0 Å². The molecule has 0 saturated carbocycles. The van der Waals surface area contributed by atoms with Gasteiger partial charge in [-0.15, -0.1) is 11.3 Å². The zero-order chi connectivity index (χ0) is 75.0. The van der Waals surface area contributed by atoms with E-state index in [9.17, 15) is 30.7 Å². The zero-order valence-electron chi connectivity index (χ0n) is 61.9. The van der Waals surface area contributed by atoms with Crippen LogP contribution in [0.4, 0.5) is 30.7 Å². The van der Waals surface area contributed by atoms with Crippen LogP contribution in [-0.4, -0.2) is 18.3 Å². The van der Waals surface area contributed by atoms with E-state index < -0.39 is 51.8 Å². The van der Waals surface area contributed by atoms with Crippen molar-refractivity contribution in [3.8, 4) is 11.1 Å². The molecular weight excluding hydrogens is 1330 g/mol. The van der Waals surface area contributed by atoms with Gasteiger partial charge in [-0.1, -0.05) is 187 Å². The molecule has 5 heterocycles. The number of benzene rings is 12. The maximum atomic E-state index is 12.7. The minimum Gasteiger partial charge on any atom is -0.344 e. The molecule has 0 spiro atoms. The van der Waals surface area contributed by atoms with Crippen LogP contribution in [-0.2, 0) is 28.2 Å². The van der Waals surface area contributed by atoms with Crippen LogP contribution in [0.2, 0.25) is 0 Å². The fraction of sp³-hybridized carbons (Fsp3) is 0.174. The lowest BCUT2D eigenvalue weighted by atomic mass is 10.0. The number of hydrogen-bond acceptors (Lipinski definition) is 1. The van der Waals surface area contributed by atoms with Gasteiger partial charge in [0, 0.05) is 136 Å². The minimum absolute atomic E-state index is 0.00870. The number of fused-ring (bicyclic) bond motifs is 12. The number of rotatable bonds is 1. The van der Waals surface area contributed by atoms with Crippen molar-refractivity contribution in [2.45, 2.75) is 83.1 Å². The maximum Gasteiger partial charge on any atom is 0.165 e. The van der Waals surface area contributed by atoms with Crippen molar-refractivity contribution in [2.75, 3.05) is 0 Å². The fourth-order valence-corrected chi connectivity index (χ4v) is 14.1. The van der Waals surface area contributed by atoms with E-state index >= 15 is 0 Å². The molecule has 12 aromatic carbocycles. The molecule has 530 valence electrons. The quantitative estimate of drug-likeness (QED) is 0.115. The Morgan fingerprint density at radius 3 is 1.18 bits per heavy atom. The molecule has 12 heteroatoms. The lowest BCUT2D eigenvalue weighted by molar-refractivity contribution is 0.436. The SMILES string of the molecule is Cc1c(F)c(F)c(C)c(F)c1F.Cc1cc(C)cc(-c2ccccc2)c1.Cc1cc(F)c(C)c(F)c1F.Cc1ccc(C)s1.Cc1ccc2c(c1)c1ccccc1n2C.Cc1ccc2c3ccccc3n(C)c2c1.Cc1cccc2c1c1ccccc1n2C.Cc1cccc2c3ccccc3n(C)c12. The van der Waals surface area contributed by atoms with Gasteiger partial charge in [0.25, 0.3) is 0 Å². The Kier molecular flexibility index (Phi) is 24.0. The smallest absolute Gasteiger partial charge is 0.165 e. The molecule has 5 aromatic heterocycles. The van der Waals surface area contributed by atoms with Gasteiger partial charge >= 0.3 is 0 Å². The molecule has 0 atom stereocenters. The third-order valence-corrected chi connectivity index (χ3v) is 19.8. The average molecular weight is 1410 g/mol. The van der Waals surface area contributed by atoms with E-state index in [2.05, 4.69) is 326 Å². The Morgan fingerprint density at radius 1 is 0.240 bits per heavy atom. The van der Waals surface area contributed by atoms with Crippen LogP contribution in [0.5, 0.6) is 0 Å². The summed E-state index contributed by atoms with van der Waals surface area (Å²) in [4.78, 5) is 2.80. The number of thiophene rings is 1. The lowest BCUT2D eigenvalue weighted by Gasteiger charge is -2.04.